The normalized spacial score (nSPS) is 11.5. The van der Waals surface area contributed by atoms with Crippen molar-refractivity contribution in [3.8, 4) is 11.1 Å². The van der Waals surface area contributed by atoms with Gasteiger partial charge in [-0.1, -0.05) is 275 Å². The van der Waals surface area contributed by atoms with Gasteiger partial charge in [-0.3, -0.25) is 10.1 Å². The molecule has 0 spiro atoms. The molecule has 0 atom stereocenters. The Kier molecular flexibility index (Phi) is 13.2. The highest BCUT2D eigenvalue weighted by Crippen LogP contribution is 2.47. The first kappa shape index (κ1) is 50.2. The number of nitro benzene ring substituents is 1. The van der Waals surface area contributed by atoms with E-state index in [0.29, 0.717) is 10.0 Å². The number of aromatic nitrogens is 1. The monoisotopic (exact) mass is 1180 g/mol. The van der Waals surface area contributed by atoms with Crippen LogP contribution in [0.4, 0.5) is 5.69 Å². The Morgan fingerprint density at radius 1 is 0.309 bits per heavy atom. The van der Waals surface area contributed by atoms with Gasteiger partial charge in [0.25, 0.3) is 5.69 Å². The molecule has 1 heterocycles. The Morgan fingerprint density at radius 3 is 1.16 bits per heavy atom. The fourth-order valence-electron chi connectivity index (χ4n) is 12.3. The highest BCUT2D eigenvalue weighted by atomic mass is 79.9. The van der Waals surface area contributed by atoms with Gasteiger partial charge in [0.05, 0.1) is 16.0 Å². The molecule has 4 nitrogen and oxygen atoms in total. The maximum absolute atomic E-state index is 11.9. The van der Waals surface area contributed by atoms with Gasteiger partial charge < -0.3 is 4.98 Å². The standard InChI is InChI=1S/C28H16BrNO2.C28H16BrN.C18H15P/c29-17-13-14-22(27(15-17)30(31)32)25-16-26-20-9-2-1-7-18(20)19-8-3-5-11-23(19)28(26)24-12-6-4-10-21(24)25;29-16-13-14-23-24(15-16)30-28-26(23)22-12-6-5-11-21(22)25-19-9-3-1-7-17(19)18-8-2-4-10-20(18)27(25)28;1-4-10-16(11-5-1)19(17-12-6-2-7-13-17)18-14-8-3-9-15-18/h1-16H;1-15,30H;1-15H. The van der Waals surface area contributed by atoms with Crippen molar-refractivity contribution in [1.29, 1.82) is 0 Å². The fraction of sp³-hybridized carbons (Fsp3) is 0. The number of aromatic amines is 1. The van der Waals surface area contributed by atoms with Gasteiger partial charge in [-0.25, -0.2) is 0 Å². The lowest BCUT2D eigenvalue weighted by molar-refractivity contribution is -0.384. The molecule has 0 unspecified atom stereocenters. The predicted octanol–water partition coefficient (Wildman–Crippen LogP) is 20.8. The van der Waals surface area contributed by atoms with Crippen molar-refractivity contribution < 1.29 is 4.92 Å². The Hall–Kier alpha value is -9.03. The summed E-state index contributed by atoms with van der Waals surface area (Å²) < 4.78 is 1.78. The van der Waals surface area contributed by atoms with Crippen molar-refractivity contribution in [2.75, 3.05) is 0 Å². The van der Waals surface area contributed by atoms with Gasteiger partial charge >= 0.3 is 0 Å². The molecular formula is C74H47Br2N2O2P. The van der Waals surface area contributed by atoms with Gasteiger partial charge in [-0.05, 0) is 135 Å². The lowest BCUT2D eigenvalue weighted by Gasteiger charge is -2.18. The lowest BCUT2D eigenvalue weighted by atomic mass is 9.87. The van der Waals surface area contributed by atoms with E-state index in [1.165, 1.54) is 96.8 Å². The van der Waals surface area contributed by atoms with E-state index in [4.69, 9.17) is 0 Å². The number of nitrogens with one attached hydrogen (secondary N) is 1. The van der Waals surface area contributed by atoms with Crippen molar-refractivity contribution >= 4 is 169 Å². The highest BCUT2D eigenvalue weighted by molar-refractivity contribution is 9.10. The van der Waals surface area contributed by atoms with Crippen LogP contribution in [0.5, 0.6) is 0 Å². The summed E-state index contributed by atoms with van der Waals surface area (Å²) in [5.41, 5.74) is 3.96. The molecule has 16 aromatic rings. The van der Waals surface area contributed by atoms with E-state index in [2.05, 4.69) is 279 Å². The third-order valence-corrected chi connectivity index (χ3v) is 19.1. The smallest absolute Gasteiger partial charge is 0.278 e. The molecular weight excluding hydrogens is 1140 g/mol. The average molecular weight is 1190 g/mol. The third kappa shape index (κ3) is 8.88. The van der Waals surface area contributed by atoms with Crippen molar-refractivity contribution in [2.45, 2.75) is 0 Å². The van der Waals surface area contributed by atoms with Crippen LogP contribution in [0.3, 0.4) is 0 Å². The molecule has 0 saturated carbocycles. The van der Waals surface area contributed by atoms with Crippen LogP contribution in [0.1, 0.15) is 0 Å². The average Bonchev–Trinajstić information content (AvgIpc) is 2.77. The number of benzene rings is 15. The van der Waals surface area contributed by atoms with Crippen LogP contribution in [-0.4, -0.2) is 9.91 Å². The maximum Gasteiger partial charge on any atom is 0.278 e. The Morgan fingerprint density at radius 2 is 0.667 bits per heavy atom. The number of rotatable bonds is 5. The zero-order valence-electron chi connectivity index (χ0n) is 43.5. The predicted molar refractivity (Wildman–Crippen MR) is 355 cm³/mol. The second-order valence-electron chi connectivity index (χ2n) is 20.2. The summed E-state index contributed by atoms with van der Waals surface area (Å²) >= 11 is 7.02. The van der Waals surface area contributed by atoms with E-state index in [1.54, 1.807) is 6.07 Å². The maximum atomic E-state index is 11.9. The molecule has 0 aliphatic rings. The molecule has 81 heavy (non-hydrogen) atoms. The first-order valence-corrected chi connectivity index (χ1v) is 29.8. The van der Waals surface area contributed by atoms with E-state index in [1.807, 2.05) is 30.3 Å². The number of halogens is 2. The van der Waals surface area contributed by atoms with Gasteiger partial charge in [0.15, 0.2) is 0 Å². The summed E-state index contributed by atoms with van der Waals surface area (Å²) in [7, 11) is -0.446. The Bertz CT molecular complexity index is 5030. The van der Waals surface area contributed by atoms with E-state index < -0.39 is 7.92 Å². The van der Waals surface area contributed by atoms with Gasteiger partial charge in [0.1, 0.15) is 0 Å². The molecule has 0 aliphatic carbocycles. The summed E-state index contributed by atoms with van der Waals surface area (Å²) in [5, 5.41) is 38.3. The summed E-state index contributed by atoms with van der Waals surface area (Å²) in [6.07, 6.45) is 0. The van der Waals surface area contributed by atoms with Crippen molar-refractivity contribution in [2.24, 2.45) is 0 Å². The minimum absolute atomic E-state index is 0.0916. The molecule has 0 fully saturated rings. The van der Waals surface area contributed by atoms with Crippen molar-refractivity contribution in [1.82, 2.24) is 4.98 Å². The van der Waals surface area contributed by atoms with Crippen LogP contribution in [-0.2, 0) is 0 Å². The third-order valence-electron chi connectivity index (χ3n) is 15.6. The summed E-state index contributed by atoms with van der Waals surface area (Å²) in [6, 6.07) is 97.8. The summed E-state index contributed by atoms with van der Waals surface area (Å²) in [5.74, 6) is 0. The van der Waals surface area contributed by atoms with E-state index in [-0.39, 0.29) is 10.6 Å². The van der Waals surface area contributed by atoms with Crippen molar-refractivity contribution in [3.05, 3.63) is 298 Å². The summed E-state index contributed by atoms with van der Waals surface area (Å²) in [6.45, 7) is 0. The molecule has 1 aromatic heterocycles. The van der Waals surface area contributed by atoms with E-state index in [9.17, 15) is 10.1 Å². The Balaban J connectivity index is 0.000000113. The molecule has 7 heteroatoms. The number of nitrogens with zero attached hydrogens (tertiary/aromatic N) is 1. The van der Waals surface area contributed by atoms with Crippen LogP contribution in [0, 0.1) is 10.1 Å². The van der Waals surface area contributed by atoms with Crippen LogP contribution in [0.15, 0.2) is 288 Å². The van der Waals surface area contributed by atoms with Crippen LogP contribution in [0.2, 0.25) is 0 Å². The van der Waals surface area contributed by atoms with Gasteiger partial charge in [0, 0.05) is 42.1 Å². The van der Waals surface area contributed by atoms with Crippen LogP contribution < -0.4 is 15.9 Å². The number of H-pyrrole nitrogens is 1. The van der Waals surface area contributed by atoms with Crippen LogP contribution >= 0.6 is 39.8 Å². The second-order valence-corrected chi connectivity index (χ2v) is 24.2. The van der Waals surface area contributed by atoms with E-state index in [0.717, 1.165) is 37.1 Å². The van der Waals surface area contributed by atoms with Gasteiger partial charge in [-0.2, -0.15) is 0 Å². The SMILES string of the molecule is Brc1ccc2c(c1)[nH]c1c2c2ccccc2c2c3ccccc3c3ccccc3c12.O=[N+]([O-])c1cc(Br)ccc1-c1cc2c3ccccc3c3ccccc3c2c2ccccc12.c1ccc(P(c2ccccc2)c2ccccc2)cc1. The molecule has 0 amide bonds. The molecule has 1 N–H and O–H groups in total. The first-order chi connectivity index (χ1) is 39.9. The minimum atomic E-state index is -0.446. The van der Waals surface area contributed by atoms with Crippen molar-refractivity contribution in [3.63, 3.8) is 0 Å². The Labute approximate surface area is 485 Å². The molecule has 0 bridgehead atoms. The topological polar surface area (TPSA) is 58.9 Å². The number of nitro groups is 1. The molecule has 15 aromatic carbocycles. The second kappa shape index (κ2) is 21.2. The summed E-state index contributed by atoms with van der Waals surface area (Å²) in [4.78, 5) is 15.4. The van der Waals surface area contributed by atoms with Gasteiger partial charge in [0.2, 0.25) is 0 Å². The minimum Gasteiger partial charge on any atom is -0.354 e. The molecule has 0 radical (unpaired) electrons. The van der Waals surface area contributed by atoms with Gasteiger partial charge in [-0.15, -0.1) is 0 Å². The zero-order chi connectivity index (χ0) is 54.6. The number of hydrogen-bond acceptors (Lipinski definition) is 2. The lowest BCUT2D eigenvalue weighted by Crippen LogP contribution is -2.20. The van der Waals surface area contributed by atoms with Crippen LogP contribution in [0.25, 0.3) is 119 Å². The molecule has 384 valence electrons. The largest absolute Gasteiger partial charge is 0.354 e. The molecule has 16 rings (SSSR count). The first-order valence-electron chi connectivity index (χ1n) is 26.9. The fourth-order valence-corrected chi connectivity index (χ4v) is 15.3. The quantitative estimate of drug-likeness (QED) is 0.0808. The highest BCUT2D eigenvalue weighted by Gasteiger charge is 2.22. The molecule has 0 saturated heterocycles. The number of fused-ring (bicyclic) bond motifs is 21. The molecule has 0 aliphatic heterocycles. The zero-order valence-corrected chi connectivity index (χ0v) is 47.6. The van der Waals surface area contributed by atoms with E-state index >= 15 is 0 Å². The number of hydrogen-bond donors (Lipinski definition) is 1.